The SMILES string of the molecule is COc1cccc(S(=O)(=O)N2CC3(C)CC2CC(C)(C)C3)c1. The molecule has 1 aromatic carbocycles. The summed E-state index contributed by atoms with van der Waals surface area (Å²) in [4.78, 5) is 0.334. The molecule has 4 nitrogen and oxygen atoms in total. The standard InChI is InChI=1S/C17H25NO3S/c1-16(2)9-13-10-17(3,11-16)12-18(13)22(19,20)15-7-5-6-14(8-15)21-4/h5-8,13H,9-12H2,1-4H3. The summed E-state index contributed by atoms with van der Waals surface area (Å²) in [6.07, 6.45) is 2.99. The van der Waals surface area contributed by atoms with Crippen molar-refractivity contribution in [3.8, 4) is 5.75 Å². The topological polar surface area (TPSA) is 46.6 Å². The number of hydrogen-bond acceptors (Lipinski definition) is 3. The van der Waals surface area contributed by atoms with E-state index in [4.69, 9.17) is 4.74 Å². The Morgan fingerprint density at radius 2 is 1.95 bits per heavy atom. The predicted octanol–water partition coefficient (Wildman–Crippen LogP) is 3.28. The first-order valence-corrected chi connectivity index (χ1v) is 9.25. The summed E-state index contributed by atoms with van der Waals surface area (Å²) in [6, 6.07) is 6.90. The number of benzene rings is 1. The van der Waals surface area contributed by atoms with E-state index in [0.29, 0.717) is 17.2 Å². The van der Waals surface area contributed by atoms with Gasteiger partial charge in [0, 0.05) is 18.7 Å². The molecule has 5 heteroatoms. The minimum atomic E-state index is -3.46. The van der Waals surface area contributed by atoms with Crippen molar-refractivity contribution in [1.82, 2.24) is 4.31 Å². The third kappa shape index (κ3) is 2.65. The molecular weight excluding hydrogens is 298 g/mol. The molecular formula is C17H25NO3S. The van der Waals surface area contributed by atoms with Gasteiger partial charge in [-0.3, -0.25) is 0 Å². The number of fused-ring (bicyclic) bond motifs is 2. The van der Waals surface area contributed by atoms with Crippen LogP contribution in [-0.4, -0.2) is 32.4 Å². The third-order valence-electron chi connectivity index (χ3n) is 5.01. The van der Waals surface area contributed by atoms with E-state index >= 15 is 0 Å². The second kappa shape index (κ2) is 4.96. The second-order valence-electron chi connectivity index (χ2n) is 7.94. The lowest BCUT2D eigenvalue weighted by Crippen LogP contribution is -2.37. The van der Waals surface area contributed by atoms with Crippen molar-refractivity contribution in [3.05, 3.63) is 24.3 Å². The highest BCUT2D eigenvalue weighted by atomic mass is 32.2. The van der Waals surface area contributed by atoms with Crippen molar-refractivity contribution >= 4 is 10.0 Å². The van der Waals surface area contributed by atoms with Crippen LogP contribution in [0.25, 0.3) is 0 Å². The lowest BCUT2D eigenvalue weighted by molar-refractivity contribution is 0.133. The van der Waals surface area contributed by atoms with Crippen LogP contribution < -0.4 is 4.74 Å². The van der Waals surface area contributed by atoms with Crippen LogP contribution in [0.4, 0.5) is 0 Å². The molecule has 1 aromatic rings. The van der Waals surface area contributed by atoms with E-state index in [0.717, 1.165) is 19.3 Å². The number of ether oxygens (including phenoxy) is 1. The average Bonchev–Trinajstić information content (AvgIpc) is 2.68. The molecule has 122 valence electrons. The van der Waals surface area contributed by atoms with Gasteiger partial charge in [-0.05, 0) is 42.2 Å². The first-order chi connectivity index (χ1) is 10.2. The molecule has 2 fully saturated rings. The van der Waals surface area contributed by atoms with E-state index in [1.54, 1.807) is 35.7 Å². The molecule has 2 unspecified atom stereocenters. The van der Waals surface area contributed by atoms with Crippen LogP contribution in [-0.2, 0) is 10.0 Å². The third-order valence-corrected chi connectivity index (χ3v) is 6.91. The molecule has 0 N–H and O–H groups in total. The molecule has 1 saturated carbocycles. The number of rotatable bonds is 3. The Kier molecular flexibility index (Phi) is 3.57. The maximum Gasteiger partial charge on any atom is 0.243 e. The van der Waals surface area contributed by atoms with Gasteiger partial charge >= 0.3 is 0 Å². The lowest BCUT2D eigenvalue weighted by atomic mass is 9.65. The molecule has 2 aliphatic rings. The van der Waals surface area contributed by atoms with Crippen molar-refractivity contribution in [2.45, 2.75) is 51.0 Å². The second-order valence-corrected chi connectivity index (χ2v) is 9.83. The zero-order chi connectivity index (χ0) is 16.2. The quantitative estimate of drug-likeness (QED) is 0.857. The van der Waals surface area contributed by atoms with Crippen LogP contribution in [0.5, 0.6) is 5.75 Å². The van der Waals surface area contributed by atoms with E-state index in [-0.39, 0.29) is 16.9 Å². The first kappa shape index (κ1) is 15.8. The molecule has 1 aliphatic heterocycles. The largest absolute Gasteiger partial charge is 0.497 e. The van der Waals surface area contributed by atoms with E-state index in [9.17, 15) is 8.42 Å². The van der Waals surface area contributed by atoms with Crippen LogP contribution in [0.15, 0.2) is 29.2 Å². The van der Waals surface area contributed by atoms with Crippen LogP contribution >= 0.6 is 0 Å². The van der Waals surface area contributed by atoms with Crippen molar-refractivity contribution in [1.29, 1.82) is 0 Å². The molecule has 1 aliphatic carbocycles. The number of sulfonamides is 1. The minimum absolute atomic E-state index is 0.0956. The molecule has 0 spiro atoms. The van der Waals surface area contributed by atoms with Crippen molar-refractivity contribution < 1.29 is 13.2 Å². The summed E-state index contributed by atoms with van der Waals surface area (Å²) in [6.45, 7) is 7.35. The number of hydrogen-bond donors (Lipinski definition) is 0. The summed E-state index contributed by atoms with van der Waals surface area (Å²) in [7, 11) is -1.91. The van der Waals surface area contributed by atoms with Gasteiger partial charge in [0.25, 0.3) is 0 Å². The Morgan fingerprint density at radius 3 is 2.64 bits per heavy atom. The van der Waals surface area contributed by atoms with Crippen LogP contribution in [0, 0.1) is 10.8 Å². The van der Waals surface area contributed by atoms with Gasteiger partial charge in [0.1, 0.15) is 5.75 Å². The molecule has 0 amide bonds. The molecule has 3 rings (SSSR count). The predicted molar refractivity (Wildman–Crippen MR) is 86.4 cm³/mol. The molecule has 22 heavy (non-hydrogen) atoms. The van der Waals surface area contributed by atoms with Gasteiger partial charge in [-0.25, -0.2) is 8.42 Å². The monoisotopic (exact) mass is 323 g/mol. The minimum Gasteiger partial charge on any atom is -0.497 e. The number of methoxy groups -OCH3 is 1. The summed E-state index contributed by atoms with van der Waals surface area (Å²) in [5.41, 5.74) is 0.300. The zero-order valence-corrected chi connectivity index (χ0v) is 14.6. The fourth-order valence-corrected chi connectivity index (χ4v) is 6.40. The highest BCUT2D eigenvalue weighted by molar-refractivity contribution is 7.89. The summed E-state index contributed by atoms with van der Waals surface area (Å²) < 4.78 is 33.0. The average molecular weight is 323 g/mol. The van der Waals surface area contributed by atoms with Crippen LogP contribution in [0.1, 0.15) is 40.0 Å². The highest BCUT2D eigenvalue weighted by Gasteiger charge is 2.53. The Balaban J connectivity index is 1.97. The Morgan fingerprint density at radius 1 is 1.23 bits per heavy atom. The van der Waals surface area contributed by atoms with Crippen molar-refractivity contribution in [3.63, 3.8) is 0 Å². The Labute approximate surface area is 133 Å². The molecule has 2 bridgehead atoms. The zero-order valence-electron chi connectivity index (χ0n) is 13.8. The molecule has 1 saturated heterocycles. The fourth-order valence-electron chi connectivity index (χ4n) is 4.59. The van der Waals surface area contributed by atoms with Crippen LogP contribution in [0.2, 0.25) is 0 Å². The fraction of sp³-hybridized carbons (Fsp3) is 0.647. The normalized spacial score (nSPS) is 31.2. The van der Waals surface area contributed by atoms with E-state index in [1.807, 2.05) is 0 Å². The maximum absolute atomic E-state index is 13.1. The van der Waals surface area contributed by atoms with Gasteiger partial charge in [-0.15, -0.1) is 0 Å². The first-order valence-electron chi connectivity index (χ1n) is 7.81. The summed E-state index contributed by atoms with van der Waals surface area (Å²) in [5, 5.41) is 0. The van der Waals surface area contributed by atoms with Gasteiger partial charge in [0.05, 0.1) is 12.0 Å². The van der Waals surface area contributed by atoms with E-state index in [2.05, 4.69) is 20.8 Å². The maximum atomic E-state index is 13.1. The summed E-state index contributed by atoms with van der Waals surface area (Å²) in [5.74, 6) is 0.579. The van der Waals surface area contributed by atoms with Crippen LogP contribution in [0.3, 0.4) is 0 Å². The number of nitrogens with zero attached hydrogens (tertiary/aromatic N) is 1. The van der Waals surface area contributed by atoms with Crippen molar-refractivity contribution in [2.75, 3.05) is 13.7 Å². The van der Waals surface area contributed by atoms with Gasteiger partial charge in [0.2, 0.25) is 10.0 Å². The smallest absolute Gasteiger partial charge is 0.243 e. The van der Waals surface area contributed by atoms with Gasteiger partial charge in [-0.2, -0.15) is 4.31 Å². The van der Waals surface area contributed by atoms with Gasteiger partial charge in [0.15, 0.2) is 0 Å². The Hall–Kier alpha value is -1.07. The lowest BCUT2D eigenvalue weighted by Gasteiger charge is -2.39. The highest BCUT2D eigenvalue weighted by Crippen LogP contribution is 2.53. The molecule has 0 radical (unpaired) electrons. The van der Waals surface area contributed by atoms with E-state index in [1.165, 1.54) is 0 Å². The van der Waals surface area contributed by atoms with Gasteiger partial charge in [-0.1, -0.05) is 26.8 Å². The van der Waals surface area contributed by atoms with E-state index < -0.39 is 10.0 Å². The van der Waals surface area contributed by atoms with Gasteiger partial charge < -0.3 is 4.74 Å². The Bertz CT molecular complexity index is 683. The molecule has 0 aromatic heterocycles. The summed E-state index contributed by atoms with van der Waals surface area (Å²) >= 11 is 0. The van der Waals surface area contributed by atoms with Crippen molar-refractivity contribution in [2.24, 2.45) is 10.8 Å². The molecule has 1 heterocycles. The molecule has 2 atom stereocenters.